The number of anilines is 1. The van der Waals surface area contributed by atoms with Gasteiger partial charge in [0.15, 0.2) is 5.96 Å². The lowest BCUT2D eigenvalue weighted by molar-refractivity contribution is -0.145. The molecule has 8 heteroatoms. The lowest BCUT2D eigenvalue weighted by Crippen LogP contribution is -2.40. The van der Waals surface area contributed by atoms with Crippen LogP contribution in [0.4, 0.5) is 10.1 Å². The number of carbonyl (C=O) groups excluding carboxylic acids is 1. The fourth-order valence-corrected chi connectivity index (χ4v) is 3.13. The minimum absolute atomic E-state index is 0. The minimum atomic E-state index is -0.250. The van der Waals surface area contributed by atoms with Crippen molar-refractivity contribution < 1.29 is 13.9 Å². The van der Waals surface area contributed by atoms with Crippen molar-refractivity contribution in [3.05, 3.63) is 29.6 Å². The highest BCUT2D eigenvalue weighted by Crippen LogP contribution is 2.24. The first kappa shape index (κ1) is 22.5. The number of guanidine groups is 1. The second kappa shape index (κ2) is 9.94. The second-order valence-corrected chi connectivity index (χ2v) is 6.59. The van der Waals surface area contributed by atoms with Crippen LogP contribution in [0.15, 0.2) is 23.2 Å². The predicted octanol–water partition coefficient (Wildman–Crippen LogP) is 2.33. The second-order valence-electron chi connectivity index (χ2n) is 6.59. The number of halogens is 2. The first-order valence-corrected chi connectivity index (χ1v) is 8.36. The van der Waals surface area contributed by atoms with Gasteiger partial charge in [-0.1, -0.05) is 13.0 Å². The molecule has 1 heterocycles. The van der Waals surface area contributed by atoms with Crippen LogP contribution in [0.1, 0.15) is 12.5 Å². The van der Waals surface area contributed by atoms with Gasteiger partial charge in [0.25, 0.3) is 0 Å². The van der Waals surface area contributed by atoms with Crippen LogP contribution in [0.3, 0.4) is 0 Å². The quantitative estimate of drug-likeness (QED) is 0.312. The zero-order valence-corrected chi connectivity index (χ0v) is 18.3. The van der Waals surface area contributed by atoms with Gasteiger partial charge in [0.1, 0.15) is 5.82 Å². The molecule has 2 atom stereocenters. The molecule has 1 N–H and O–H groups in total. The van der Waals surface area contributed by atoms with Gasteiger partial charge in [-0.05, 0) is 23.6 Å². The Morgan fingerprint density at radius 1 is 1.42 bits per heavy atom. The topological polar surface area (TPSA) is 57.2 Å². The molecular weight excluding hydrogens is 450 g/mol. The van der Waals surface area contributed by atoms with E-state index in [4.69, 9.17) is 4.74 Å². The molecule has 0 bridgehead atoms. The number of ether oxygens (including phenoxy) is 1. The first-order valence-electron chi connectivity index (χ1n) is 8.36. The number of carbonyl (C=O) groups is 1. The van der Waals surface area contributed by atoms with Gasteiger partial charge in [-0.15, -0.1) is 24.0 Å². The van der Waals surface area contributed by atoms with Gasteiger partial charge < -0.3 is 19.9 Å². The summed E-state index contributed by atoms with van der Waals surface area (Å²) in [6.07, 6.45) is 0. The van der Waals surface area contributed by atoms with Crippen molar-refractivity contribution in [2.75, 3.05) is 46.2 Å². The van der Waals surface area contributed by atoms with Gasteiger partial charge >= 0.3 is 5.97 Å². The van der Waals surface area contributed by atoms with Crippen molar-refractivity contribution in [1.29, 1.82) is 0 Å². The standard InChI is InChI=1S/C18H27FN4O2.HI/c1-12-10-23(11-14(12)17(24)25-5)18(20-2)21-9-13-6-7-16(22(3)4)15(19)8-13;/h6-8,12,14H,9-11H2,1-5H3,(H,20,21);1H. The molecule has 0 aromatic heterocycles. The molecule has 2 unspecified atom stereocenters. The summed E-state index contributed by atoms with van der Waals surface area (Å²) in [4.78, 5) is 19.9. The molecule has 146 valence electrons. The largest absolute Gasteiger partial charge is 0.469 e. The molecule has 2 rings (SSSR count). The zero-order valence-electron chi connectivity index (χ0n) is 16.0. The van der Waals surface area contributed by atoms with Gasteiger partial charge in [-0.3, -0.25) is 9.79 Å². The number of rotatable bonds is 4. The van der Waals surface area contributed by atoms with Crippen LogP contribution in [-0.4, -0.2) is 58.2 Å². The fraction of sp³-hybridized carbons (Fsp3) is 0.556. The van der Waals surface area contributed by atoms with E-state index in [1.54, 1.807) is 18.0 Å². The lowest BCUT2D eigenvalue weighted by Gasteiger charge is -2.22. The summed E-state index contributed by atoms with van der Waals surface area (Å²) in [6.45, 7) is 3.80. The molecule has 1 aromatic carbocycles. The Hall–Kier alpha value is -1.58. The Morgan fingerprint density at radius 2 is 2.12 bits per heavy atom. The van der Waals surface area contributed by atoms with Crippen LogP contribution in [-0.2, 0) is 16.1 Å². The Balaban J connectivity index is 0.00000338. The fourth-order valence-electron chi connectivity index (χ4n) is 3.13. The summed E-state index contributed by atoms with van der Waals surface area (Å²) >= 11 is 0. The number of methoxy groups -OCH3 is 1. The van der Waals surface area contributed by atoms with Crippen LogP contribution >= 0.6 is 24.0 Å². The monoisotopic (exact) mass is 478 g/mol. The third kappa shape index (κ3) is 5.21. The highest BCUT2D eigenvalue weighted by atomic mass is 127. The smallest absolute Gasteiger partial charge is 0.310 e. The molecule has 0 amide bonds. The molecule has 1 aliphatic heterocycles. The molecule has 0 saturated carbocycles. The molecule has 0 radical (unpaired) electrons. The third-order valence-corrected chi connectivity index (χ3v) is 4.57. The van der Waals surface area contributed by atoms with Crippen LogP contribution < -0.4 is 10.2 Å². The zero-order chi connectivity index (χ0) is 18.6. The van der Waals surface area contributed by atoms with Crippen LogP contribution in [0.5, 0.6) is 0 Å². The highest BCUT2D eigenvalue weighted by molar-refractivity contribution is 14.0. The van der Waals surface area contributed by atoms with Crippen molar-refractivity contribution in [3.8, 4) is 0 Å². The molecule has 0 aliphatic carbocycles. The van der Waals surface area contributed by atoms with Gasteiger partial charge in [0, 0.05) is 40.8 Å². The van der Waals surface area contributed by atoms with Gasteiger partial charge in [-0.2, -0.15) is 0 Å². The molecule has 1 aliphatic rings. The van der Waals surface area contributed by atoms with Crippen LogP contribution in [0.2, 0.25) is 0 Å². The van der Waals surface area contributed by atoms with Crippen molar-refractivity contribution in [2.24, 2.45) is 16.8 Å². The maximum absolute atomic E-state index is 14.1. The number of hydrogen-bond acceptors (Lipinski definition) is 4. The Morgan fingerprint density at radius 3 is 2.65 bits per heavy atom. The van der Waals surface area contributed by atoms with E-state index in [1.165, 1.54) is 13.2 Å². The van der Waals surface area contributed by atoms with Crippen LogP contribution in [0, 0.1) is 17.7 Å². The van der Waals surface area contributed by atoms with E-state index < -0.39 is 0 Å². The summed E-state index contributed by atoms with van der Waals surface area (Å²) in [5.41, 5.74) is 1.39. The van der Waals surface area contributed by atoms with Crippen molar-refractivity contribution in [3.63, 3.8) is 0 Å². The van der Waals surface area contributed by atoms with Gasteiger partial charge in [0.2, 0.25) is 0 Å². The molecule has 26 heavy (non-hydrogen) atoms. The summed E-state index contributed by atoms with van der Waals surface area (Å²) in [5, 5.41) is 3.25. The van der Waals surface area contributed by atoms with Gasteiger partial charge in [-0.25, -0.2) is 4.39 Å². The number of hydrogen-bond donors (Lipinski definition) is 1. The number of nitrogens with one attached hydrogen (secondary N) is 1. The van der Waals surface area contributed by atoms with Crippen molar-refractivity contribution in [1.82, 2.24) is 10.2 Å². The van der Waals surface area contributed by atoms with Crippen molar-refractivity contribution >= 4 is 41.6 Å². The minimum Gasteiger partial charge on any atom is -0.469 e. The van der Waals surface area contributed by atoms with E-state index in [1.807, 2.05) is 32.0 Å². The molecule has 1 fully saturated rings. The van der Waals surface area contributed by atoms with E-state index in [0.29, 0.717) is 24.7 Å². The molecule has 6 nitrogen and oxygen atoms in total. The molecule has 1 saturated heterocycles. The molecule has 1 aromatic rings. The number of nitrogens with zero attached hydrogens (tertiary/aromatic N) is 3. The highest BCUT2D eigenvalue weighted by Gasteiger charge is 2.36. The van der Waals surface area contributed by atoms with E-state index in [9.17, 15) is 9.18 Å². The normalized spacial score (nSPS) is 19.8. The average Bonchev–Trinajstić information content (AvgIpc) is 2.96. The average molecular weight is 478 g/mol. The Bertz CT molecular complexity index is 654. The van der Waals surface area contributed by atoms with E-state index in [2.05, 4.69) is 10.3 Å². The van der Waals surface area contributed by atoms with Gasteiger partial charge in [0.05, 0.1) is 18.7 Å². The Labute approximate surface area is 171 Å². The van der Waals surface area contributed by atoms with E-state index in [-0.39, 0.29) is 47.6 Å². The number of likely N-dealkylation sites (tertiary alicyclic amines) is 1. The number of benzene rings is 1. The van der Waals surface area contributed by atoms with Crippen molar-refractivity contribution in [2.45, 2.75) is 13.5 Å². The van der Waals surface area contributed by atoms with E-state index in [0.717, 1.165) is 12.1 Å². The SMILES string of the molecule is CN=C(NCc1ccc(N(C)C)c(F)c1)N1CC(C)C(C(=O)OC)C1.I. The summed E-state index contributed by atoms with van der Waals surface area (Å²) < 4.78 is 18.9. The summed E-state index contributed by atoms with van der Waals surface area (Å²) in [5.74, 6) is 0.310. The Kier molecular flexibility index (Phi) is 8.58. The van der Waals surface area contributed by atoms with E-state index >= 15 is 0 Å². The maximum atomic E-state index is 14.1. The third-order valence-electron chi connectivity index (χ3n) is 4.57. The maximum Gasteiger partial charge on any atom is 0.310 e. The number of aliphatic imine (C=N–C) groups is 1. The van der Waals surface area contributed by atoms with Crippen LogP contribution in [0.25, 0.3) is 0 Å². The molecular formula is C18H28FIN4O2. The predicted molar refractivity (Wildman–Crippen MR) is 113 cm³/mol. The summed E-state index contributed by atoms with van der Waals surface area (Å²) in [6, 6.07) is 5.18. The number of esters is 1. The summed E-state index contributed by atoms with van der Waals surface area (Å²) in [7, 11) is 6.74. The molecule has 0 spiro atoms. The lowest BCUT2D eigenvalue weighted by atomic mass is 9.99. The first-order chi connectivity index (χ1) is 11.9.